The summed E-state index contributed by atoms with van der Waals surface area (Å²) in [6, 6.07) is 12.5. The largest absolute Gasteiger partial charge is 0.256 e. The molecule has 0 aromatic heterocycles. The number of benzene rings is 2. The van der Waals surface area contributed by atoms with E-state index in [-0.39, 0.29) is 0 Å². The van der Waals surface area contributed by atoms with Crippen molar-refractivity contribution in [1.29, 1.82) is 0 Å². The lowest BCUT2D eigenvalue weighted by Crippen LogP contribution is -1.93. The molecule has 0 saturated heterocycles. The summed E-state index contributed by atoms with van der Waals surface area (Å²) in [4.78, 5) is 0. The van der Waals surface area contributed by atoms with Crippen LogP contribution in [0.5, 0.6) is 0 Å². The van der Waals surface area contributed by atoms with E-state index in [1.807, 2.05) is 12.3 Å². The monoisotopic (exact) mass is 166 g/mol. The van der Waals surface area contributed by atoms with E-state index in [1.165, 1.54) is 16.3 Å². The van der Waals surface area contributed by atoms with Crippen LogP contribution in [0.3, 0.4) is 0 Å². The van der Waals surface area contributed by atoms with Gasteiger partial charge in [0.15, 0.2) is 0 Å². The predicted octanol–water partition coefficient (Wildman–Crippen LogP) is 3.06. The van der Waals surface area contributed by atoms with Crippen LogP contribution in [-0.2, 0) is 0 Å². The van der Waals surface area contributed by atoms with Gasteiger partial charge >= 0.3 is 0 Å². The lowest BCUT2D eigenvalue weighted by molar-refractivity contribution is 1.19. The molecule has 1 heteroatoms. The summed E-state index contributed by atoms with van der Waals surface area (Å²) in [6.07, 6.45) is 3.91. The number of nitrogens with zero attached hydrogens (tertiary/aromatic N) is 1. The van der Waals surface area contributed by atoms with Crippen LogP contribution < -0.4 is 5.32 Å². The van der Waals surface area contributed by atoms with Crippen LogP contribution in [0.15, 0.2) is 42.6 Å². The molecular formula is C12H8N. The lowest BCUT2D eigenvalue weighted by Gasteiger charge is -2.11. The van der Waals surface area contributed by atoms with Gasteiger partial charge in [0.05, 0.1) is 5.69 Å². The summed E-state index contributed by atoms with van der Waals surface area (Å²) in [5.41, 5.74) is 2.35. The Labute approximate surface area is 76.7 Å². The molecule has 0 aliphatic carbocycles. The Bertz CT molecular complexity index is 492. The summed E-state index contributed by atoms with van der Waals surface area (Å²) in [6.45, 7) is 0. The zero-order valence-corrected chi connectivity index (χ0v) is 7.07. The molecule has 0 N–H and O–H groups in total. The van der Waals surface area contributed by atoms with Crippen LogP contribution in [0.1, 0.15) is 5.56 Å². The first-order chi connectivity index (χ1) is 6.45. The first-order valence-electron chi connectivity index (χ1n) is 4.34. The van der Waals surface area contributed by atoms with E-state index in [9.17, 15) is 0 Å². The van der Waals surface area contributed by atoms with Crippen LogP contribution in [0.2, 0.25) is 0 Å². The Morgan fingerprint density at radius 1 is 0.923 bits per heavy atom. The average molecular weight is 166 g/mol. The maximum absolute atomic E-state index is 4.33. The van der Waals surface area contributed by atoms with E-state index in [1.54, 1.807) is 0 Å². The standard InChI is InChI=1S/C12H8N/c1-3-9-5-2-6-11-12(9)10(4-1)7-8-13-11/h1-8H. The van der Waals surface area contributed by atoms with Crippen LogP contribution >= 0.6 is 0 Å². The van der Waals surface area contributed by atoms with E-state index < -0.39 is 0 Å². The average Bonchev–Trinajstić information content (AvgIpc) is 2.19. The van der Waals surface area contributed by atoms with Crippen molar-refractivity contribution in [3.63, 3.8) is 0 Å². The van der Waals surface area contributed by atoms with Gasteiger partial charge in [-0.1, -0.05) is 30.3 Å². The highest BCUT2D eigenvalue weighted by molar-refractivity contribution is 6.00. The van der Waals surface area contributed by atoms with Crippen molar-refractivity contribution in [3.8, 4) is 0 Å². The maximum atomic E-state index is 4.33. The molecule has 0 saturated carbocycles. The molecule has 0 amide bonds. The number of rotatable bonds is 0. The third kappa shape index (κ3) is 0.872. The number of hydrogen-bond acceptors (Lipinski definition) is 0. The van der Waals surface area contributed by atoms with Crippen molar-refractivity contribution in [2.24, 2.45) is 0 Å². The topological polar surface area (TPSA) is 14.1 Å². The molecule has 2 aromatic carbocycles. The highest BCUT2D eigenvalue weighted by atomic mass is 14.8. The summed E-state index contributed by atoms with van der Waals surface area (Å²) >= 11 is 0. The van der Waals surface area contributed by atoms with Gasteiger partial charge in [0, 0.05) is 11.6 Å². The second kappa shape index (κ2) is 2.36. The molecule has 1 nitrogen and oxygen atoms in total. The van der Waals surface area contributed by atoms with Crippen molar-refractivity contribution in [2.45, 2.75) is 0 Å². The Kier molecular flexibility index (Phi) is 1.22. The molecular weight excluding hydrogens is 158 g/mol. The van der Waals surface area contributed by atoms with Crippen LogP contribution in [0, 0.1) is 0 Å². The fourth-order valence-electron chi connectivity index (χ4n) is 1.79. The molecule has 0 unspecified atom stereocenters. The zero-order chi connectivity index (χ0) is 8.67. The Morgan fingerprint density at radius 3 is 2.69 bits per heavy atom. The highest BCUT2D eigenvalue weighted by Crippen LogP contribution is 2.30. The van der Waals surface area contributed by atoms with Gasteiger partial charge in [-0.15, -0.1) is 0 Å². The van der Waals surface area contributed by atoms with Crippen LogP contribution in [-0.4, -0.2) is 0 Å². The second-order valence-electron chi connectivity index (χ2n) is 3.17. The van der Waals surface area contributed by atoms with Gasteiger partial charge in [-0.25, -0.2) is 0 Å². The molecule has 0 fully saturated rings. The van der Waals surface area contributed by atoms with Gasteiger partial charge in [0.25, 0.3) is 0 Å². The fourth-order valence-corrected chi connectivity index (χ4v) is 1.79. The van der Waals surface area contributed by atoms with Gasteiger partial charge in [-0.3, -0.25) is 5.32 Å². The van der Waals surface area contributed by atoms with E-state index in [4.69, 9.17) is 0 Å². The Hall–Kier alpha value is -1.76. The van der Waals surface area contributed by atoms with Crippen molar-refractivity contribution in [3.05, 3.63) is 48.2 Å². The van der Waals surface area contributed by atoms with E-state index in [0.717, 1.165) is 5.69 Å². The van der Waals surface area contributed by atoms with Crippen molar-refractivity contribution < 1.29 is 0 Å². The summed E-state index contributed by atoms with van der Waals surface area (Å²) in [5.74, 6) is 0. The molecule has 61 valence electrons. The zero-order valence-electron chi connectivity index (χ0n) is 7.07. The fraction of sp³-hybridized carbons (Fsp3) is 0. The predicted molar refractivity (Wildman–Crippen MR) is 54.8 cm³/mol. The summed E-state index contributed by atoms with van der Waals surface area (Å²) < 4.78 is 0. The summed E-state index contributed by atoms with van der Waals surface area (Å²) in [5, 5.41) is 6.87. The molecule has 0 atom stereocenters. The molecule has 1 heterocycles. The first-order valence-corrected chi connectivity index (χ1v) is 4.34. The van der Waals surface area contributed by atoms with Crippen LogP contribution in [0.4, 0.5) is 5.69 Å². The molecule has 3 rings (SSSR count). The maximum Gasteiger partial charge on any atom is 0.0714 e. The highest BCUT2D eigenvalue weighted by Gasteiger charge is 2.07. The molecule has 13 heavy (non-hydrogen) atoms. The quantitative estimate of drug-likeness (QED) is 0.571. The van der Waals surface area contributed by atoms with Gasteiger partial charge < -0.3 is 0 Å². The molecule has 2 aromatic rings. The molecule has 1 aliphatic rings. The SMILES string of the molecule is C1=Cc2cccc3cccc(c23)[N]1. The van der Waals surface area contributed by atoms with Gasteiger partial charge in [-0.05, 0) is 23.1 Å². The Morgan fingerprint density at radius 2 is 1.77 bits per heavy atom. The van der Waals surface area contributed by atoms with Crippen LogP contribution in [0.25, 0.3) is 16.8 Å². The smallest absolute Gasteiger partial charge is 0.0714 e. The first kappa shape index (κ1) is 6.72. The third-order valence-corrected chi connectivity index (χ3v) is 2.38. The molecule has 1 aliphatic heterocycles. The van der Waals surface area contributed by atoms with E-state index in [2.05, 4.69) is 41.7 Å². The molecule has 1 radical (unpaired) electrons. The minimum Gasteiger partial charge on any atom is -0.256 e. The van der Waals surface area contributed by atoms with E-state index >= 15 is 0 Å². The van der Waals surface area contributed by atoms with Crippen molar-refractivity contribution in [2.75, 3.05) is 0 Å². The van der Waals surface area contributed by atoms with Gasteiger partial charge in [0.2, 0.25) is 0 Å². The van der Waals surface area contributed by atoms with Gasteiger partial charge in [-0.2, -0.15) is 0 Å². The van der Waals surface area contributed by atoms with Crippen molar-refractivity contribution in [1.82, 2.24) is 5.32 Å². The van der Waals surface area contributed by atoms with Crippen molar-refractivity contribution >= 4 is 22.5 Å². The lowest BCUT2D eigenvalue weighted by atomic mass is 10.0. The van der Waals surface area contributed by atoms with E-state index in [0.29, 0.717) is 0 Å². The Balaban J connectivity index is 2.56. The third-order valence-electron chi connectivity index (χ3n) is 2.38. The normalized spacial score (nSPS) is 12.9. The minimum absolute atomic E-state index is 1.08. The van der Waals surface area contributed by atoms with Gasteiger partial charge in [0.1, 0.15) is 0 Å². The minimum atomic E-state index is 1.08. The molecule has 0 spiro atoms. The second-order valence-corrected chi connectivity index (χ2v) is 3.17. The summed E-state index contributed by atoms with van der Waals surface area (Å²) in [7, 11) is 0. The number of hydrogen-bond donors (Lipinski definition) is 0. The molecule has 0 bridgehead atoms.